The number of carbonyl (C=O) groups excluding carboxylic acids is 2. The molecule has 0 spiro atoms. The van der Waals surface area contributed by atoms with Crippen molar-refractivity contribution in [2.75, 3.05) is 0 Å². The Morgan fingerprint density at radius 3 is 2.53 bits per heavy atom. The number of hydrogen-bond acceptors (Lipinski definition) is 5. The third kappa shape index (κ3) is 3.29. The van der Waals surface area contributed by atoms with E-state index in [0.717, 1.165) is 32.1 Å². The molecule has 30 heavy (non-hydrogen) atoms. The summed E-state index contributed by atoms with van der Waals surface area (Å²) in [5.74, 6) is 0.343. The average molecular weight is 435 g/mol. The Hall–Kier alpha value is -1.14. The number of carbonyl (C=O) groups is 3. The zero-order chi connectivity index (χ0) is 21.9. The van der Waals surface area contributed by atoms with E-state index in [2.05, 4.69) is 13.8 Å². The molecule has 6 heteroatoms. The number of rotatable bonds is 4. The molecule has 5 nitrogen and oxygen atoms in total. The first kappa shape index (κ1) is 22.1. The first-order chi connectivity index (χ1) is 14.0. The maximum Gasteiger partial charge on any atom is 0.303 e. The summed E-state index contributed by atoms with van der Waals surface area (Å²) in [4.78, 5) is 35.5. The van der Waals surface area contributed by atoms with Crippen LogP contribution in [0, 0.1) is 28.6 Å². The highest BCUT2D eigenvalue weighted by molar-refractivity contribution is 8.14. The lowest BCUT2D eigenvalue weighted by molar-refractivity contribution is -0.146. The lowest BCUT2D eigenvalue weighted by Crippen LogP contribution is -2.58. The molecule has 166 valence electrons. The summed E-state index contributed by atoms with van der Waals surface area (Å²) in [6, 6.07) is 0. The van der Waals surface area contributed by atoms with Crippen LogP contribution in [0.25, 0.3) is 0 Å². The van der Waals surface area contributed by atoms with Crippen LogP contribution < -0.4 is 0 Å². The summed E-state index contributed by atoms with van der Waals surface area (Å²) in [5.41, 5.74) is -0.0514. The number of aliphatic hydroxyl groups is 1. The van der Waals surface area contributed by atoms with Crippen LogP contribution >= 0.6 is 11.8 Å². The van der Waals surface area contributed by atoms with Gasteiger partial charge < -0.3 is 10.2 Å². The van der Waals surface area contributed by atoms with Gasteiger partial charge in [0.25, 0.3) is 0 Å². The standard InChI is InChI=1S/C24H34O5S/c1-14(25)30-19-13-15-12-16(26)4-8-22(15,2)17-5-9-23(3)18(21(17)19)6-10-24(23,29)11-7-20(27)28/h12,17-19,21,29H,4-11,13H2,1-3H3,(H,27,28)/t17-,18+,19?,21-,22+,23+,24?/m1/s1. The van der Waals surface area contributed by atoms with Crippen molar-refractivity contribution in [2.45, 2.75) is 89.4 Å². The minimum atomic E-state index is -0.952. The number of fused-ring (bicyclic) bond motifs is 5. The second kappa shape index (κ2) is 7.47. The Balaban J connectivity index is 1.71. The number of carboxylic acids is 1. The number of carboxylic acid groups (broad SMARTS) is 1. The molecule has 7 atom stereocenters. The number of aliphatic carboxylic acids is 1. The lowest BCUT2D eigenvalue weighted by atomic mass is 9.46. The summed E-state index contributed by atoms with van der Waals surface area (Å²) in [7, 11) is 0. The minimum absolute atomic E-state index is 0.00444. The fraction of sp³-hybridized carbons (Fsp3) is 0.792. The molecule has 0 saturated heterocycles. The van der Waals surface area contributed by atoms with E-state index in [1.807, 2.05) is 6.08 Å². The van der Waals surface area contributed by atoms with E-state index in [9.17, 15) is 24.6 Å². The summed E-state index contributed by atoms with van der Waals surface area (Å²) in [6.45, 7) is 6.09. The van der Waals surface area contributed by atoms with Crippen LogP contribution in [0.2, 0.25) is 0 Å². The minimum Gasteiger partial charge on any atom is -0.481 e. The van der Waals surface area contributed by atoms with Crippen LogP contribution in [0.3, 0.4) is 0 Å². The van der Waals surface area contributed by atoms with Crippen molar-refractivity contribution in [3.05, 3.63) is 11.6 Å². The van der Waals surface area contributed by atoms with Gasteiger partial charge >= 0.3 is 5.97 Å². The molecule has 0 radical (unpaired) electrons. The lowest BCUT2D eigenvalue weighted by Gasteiger charge is -2.61. The normalized spacial score (nSPS) is 45.2. The Kier molecular flexibility index (Phi) is 5.50. The second-order valence-electron chi connectivity index (χ2n) is 10.6. The van der Waals surface area contributed by atoms with Crippen molar-refractivity contribution < 1.29 is 24.6 Å². The molecule has 4 aliphatic rings. The zero-order valence-electron chi connectivity index (χ0n) is 18.3. The fourth-order valence-corrected chi connectivity index (χ4v) is 8.90. The van der Waals surface area contributed by atoms with Crippen LogP contribution in [0.1, 0.15) is 78.6 Å². The molecule has 3 fully saturated rings. The fourth-order valence-electron chi connectivity index (χ4n) is 7.67. The zero-order valence-corrected chi connectivity index (χ0v) is 19.1. The number of allylic oxidation sites excluding steroid dienone is 1. The van der Waals surface area contributed by atoms with E-state index in [1.54, 1.807) is 6.92 Å². The Labute approximate surface area is 183 Å². The van der Waals surface area contributed by atoms with Crippen LogP contribution in [0.5, 0.6) is 0 Å². The van der Waals surface area contributed by atoms with Gasteiger partial charge in [0.1, 0.15) is 0 Å². The Bertz CT molecular complexity index is 805. The first-order valence-electron chi connectivity index (χ1n) is 11.4. The molecule has 3 saturated carbocycles. The molecule has 0 aliphatic heterocycles. The topological polar surface area (TPSA) is 91.7 Å². The highest BCUT2D eigenvalue weighted by atomic mass is 32.2. The molecular formula is C24H34O5S. The molecule has 0 aromatic rings. The molecule has 2 unspecified atom stereocenters. The van der Waals surface area contributed by atoms with Gasteiger partial charge in [0.2, 0.25) is 0 Å². The number of thioether (sulfide) groups is 1. The van der Waals surface area contributed by atoms with Crippen molar-refractivity contribution in [3.63, 3.8) is 0 Å². The summed E-state index contributed by atoms with van der Waals surface area (Å²) >= 11 is 1.42. The van der Waals surface area contributed by atoms with E-state index in [0.29, 0.717) is 31.1 Å². The van der Waals surface area contributed by atoms with E-state index in [4.69, 9.17) is 0 Å². The van der Waals surface area contributed by atoms with Crippen molar-refractivity contribution >= 4 is 28.6 Å². The van der Waals surface area contributed by atoms with Crippen LogP contribution in [-0.2, 0) is 14.4 Å². The second-order valence-corrected chi connectivity index (χ2v) is 12.0. The van der Waals surface area contributed by atoms with Crippen LogP contribution in [-0.4, -0.2) is 37.9 Å². The summed E-state index contributed by atoms with van der Waals surface area (Å²) in [6.07, 6.45) is 7.76. The number of ketones is 1. The predicted molar refractivity (Wildman–Crippen MR) is 116 cm³/mol. The van der Waals surface area contributed by atoms with Gasteiger partial charge in [0, 0.05) is 25.0 Å². The van der Waals surface area contributed by atoms with Crippen LogP contribution in [0.15, 0.2) is 11.6 Å². The largest absolute Gasteiger partial charge is 0.481 e. The van der Waals surface area contributed by atoms with Crippen molar-refractivity contribution in [3.8, 4) is 0 Å². The van der Waals surface area contributed by atoms with Crippen molar-refractivity contribution in [1.82, 2.24) is 0 Å². The first-order valence-corrected chi connectivity index (χ1v) is 12.2. The third-order valence-electron chi connectivity index (χ3n) is 9.35. The molecule has 4 rings (SSSR count). The van der Waals surface area contributed by atoms with Crippen molar-refractivity contribution in [2.24, 2.45) is 28.6 Å². The van der Waals surface area contributed by atoms with E-state index < -0.39 is 11.6 Å². The third-order valence-corrected chi connectivity index (χ3v) is 10.5. The van der Waals surface area contributed by atoms with Gasteiger partial charge in [0.15, 0.2) is 10.9 Å². The monoisotopic (exact) mass is 434 g/mol. The summed E-state index contributed by atoms with van der Waals surface area (Å²) in [5, 5.41) is 21.0. The smallest absolute Gasteiger partial charge is 0.303 e. The molecule has 0 aromatic carbocycles. The molecule has 0 aromatic heterocycles. The van der Waals surface area contributed by atoms with Gasteiger partial charge in [-0.25, -0.2) is 0 Å². The van der Waals surface area contributed by atoms with Gasteiger partial charge in [-0.15, -0.1) is 0 Å². The van der Waals surface area contributed by atoms with Gasteiger partial charge in [-0.3, -0.25) is 14.4 Å². The van der Waals surface area contributed by atoms with E-state index in [1.165, 1.54) is 17.3 Å². The summed E-state index contributed by atoms with van der Waals surface area (Å²) < 4.78 is 0. The predicted octanol–water partition coefficient (Wildman–Crippen LogP) is 4.37. The highest BCUT2D eigenvalue weighted by Gasteiger charge is 2.65. The quantitative estimate of drug-likeness (QED) is 0.683. The SMILES string of the molecule is CC(=O)SC1CC2=CC(=O)CC[C@]2(C)[C@@H]2CC[C@@]3(C)[C@@H](CCC3(O)CCC(=O)O)[C@H]12. The average Bonchev–Trinajstić information content (AvgIpc) is 2.93. The number of hydrogen-bond donors (Lipinski definition) is 2. The van der Waals surface area contributed by atoms with Gasteiger partial charge in [-0.1, -0.05) is 31.2 Å². The van der Waals surface area contributed by atoms with Crippen molar-refractivity contribution in [1.29, 1.82) is 0 Å². The maximum atomic E-state index is 12.2. The van der Waals surface area contributed by atoms with Crippen LogP contribution in [0.4, 0.5) is 0 Å². The van der Waals surface area contributed by atoms with Gasteiger partial charge in [0.05, 0.1) is 5.60 Å². The molecule has 0 heterocycles. The molecule has 0 bridgehead atoms. The van der Waals surface area contributed by atoms with E-state index >= 15 is 0 Å². The molecule has 0 amide bonds. The maximum absolute atomic E-state index is 12.2. The molecular weight excluding hydrogens is 400 g/mol. The van der Waals surface area contributed by atoms with Gasteiger partial charge in [-0.05, 0) is 79.6 Å². The van der Waals surface area contributed by atoms with Gasteiger partial charge in [-0.2, -0.15) is 0 Å². The molecule has 2 N–H and O–H groups in total. The Morgan fingerprint density at radius 1 is 1.17 bits per heavy atom. The van der Waals surface area contributed by atoms with E-state index in [-0.39, 0.29) is 39.3 Å². The highest BCUT2D eigenvalue weighted by Crippen LogP contribution is 2.69. The molecule has 4 aliphatic carbocycles. The Morgan fingerprint density at radius 2 is 1.87 bits per heavy atom.